The molecule has 0 saturated heterocycles. The number of ether oxygens (including phenoxy) is 1. The topological polar surface area (TPSA) is 75.5 Å². The van der Waals surface area contributed by atoms with Crippen molar-refractivity contribution in [3.63, 3.8) is 0 Å². The van der Waals surface area contributed by atoms with Crippen molar-refractivity contribution in [2.45, 2.75) is 6.10 Å². The fourth-order valence-electron chi connectivity index (χ4n) is 0.634. The van der Waals surface area contributed by atoms with Crippen molar-refractivity contribution in [3.8, 4) is 5.88 Å². The van der Waals surface area contributed by atoms with Crippen LogP contribution < -0.4 is 4.74 Å². The number of aliphatic hydroxyl groups is 2. The van der Waals surface area contributed by atoms with Gasteiger partial charge in [-0.25, -0.2) is 4.98 Å². The smallest absolute Gasteiger partial charge is 0.225 e. The predicted octanol–water partition coefficient (Wildman–Crippen LogP) is -0.138. The van der Waals surface area contributed by atoms with Crippen molar-refractivity contribution in [3.05, 3.63) is 17.5 Å². The molecule has 72 valence electrons. The normalized spacial score (nSPS) is 12.5. The number of halogens is 1. The minimum absolute atomic E-state index is 0.0240. The highest BCUT2D eigenvalue weighted by molar-refractivity contribution is 6.28. The monoisotopic (exact) mass is 204 g/mol. The largest absolute Gasteiger partial charge is 0.475 e. The number of aromatic nitrogens is 2. The molecule has 0 bridgehead atoms. The van der Waals surface area contributed by atoms with Crippen LogP contribution in [0.2, 0.25) is 5.28 Å². The Morgan fingerprint density at radius 3 is 3.00 bits per heavy atom. The molecule has 0 saturated carbocycles. The molecular formula is C7H9ClN2O3. The Kier molecular flexibility index (Phi) is 3.88. The quantitative estimate of drug-likeness (QED) is 0.668. The third kappa shape index (κ3) is 3.54. The van der Waals surface area contributed by atoms with E-state index in [1.807, 2.05) is 0 Å². The highest BCUT2D eigenvalue weighted by atomic mass is 35.5. The van der Waals surface area contributed by atoms with Gasteiger partial charge in [0.1, 0.15) is 12.7 Å². The maximum atomic E-state index is 8.94. The highest BCUT2D eigenvalue weighted by Gasteiger charge is 2.03. The van der Waals surface area contributed by atoms with Crippen LogP contribution in [0.3, 0.4) is 0 Å². The van der Waals surface area contributed by atoms with Gasteiger partial charge < -0.3 is 14.9 Å². The molecule has 0 aliphatic rings. The second-order valence-corrected chi connectivity index (χ2v) is 2.65. The summed E-state index contributed by atoms with van der Waals surface area (Å²) in [6.07, 6.45) is 0.532. The van der Waals surface area contributed by atoms with Crippen molar-refractivity contribution in [2.24, 2.45) is 0 Å². The molecule has 0 fully saturated rings. The number of hydrogen-bond acceptors (Lipinski definition) is 5. The van der Waals surface area contributed by atoms with Gasteiger partial charge in [-0.1, -0.05) is 0 Å². The van der Waals surface area contributed by atoms with E-state index in [9.17, 15) is 0 Å². The van der Waals surface area contributed by atoms with Gasteiger partial charge in [0.25, 0.3) is 0 Å². The van der Waals surface area contributed by atoms with Gasteiger partial charge in [0, 0.05) is 12.3 Å². The third-order valence-electron chi connectivity index (χ3n) is 1.23. The summed E-state index contributed by atoms with van der Waals surface area (Å²) in [5.74, 6) is 0.271. The van der Waals surface area contributed by atoms with Gasteiger partial charge >= 0.3 is 0 Å². The molecule has 2 N–H and O–H groups in total. The summed E-state index contributed by atoms with van der Waals surface area (Å²) in [6, 6.07) is 1.51. The second-order valence-electron chi connectivity index (χ2n) is 2.31. The Morgan fingerprint density at radius 2 is 2.38 bits per heavy atom. The van der Waals surface area contributed by atoms with Crippen molar-refractivity contribution in [1.82, 2.24) is 9.97 Å². The van der Waals surface area contributed by atoms with E-state index in [-0.39, 0.29) is 24.4 Å². The third-order valence-corrected chi connectivity index (χ3v) is 1.42. The van der Waals surface area contributed by atoms with Crippen LogP contribution in [-0.4, -0.2) is 39.5 Å². The minimum atomic E-state index is -0.909. The molecule has 1 unspecified atom stereocenters. The molecule has 1 atom stereocenters. The SMILES string of the molecule is OCC(O)COc1ccnc(Cl)n1. The molecule has 0 spiro atoms. The van der Waals surface area contributed by atoms with E-state index >= 15 is 0 Å². The molecule has 6 heteroatoms. The Morgan fingerprint density at radius 1 is 1.62 bits per heavy atom. The van der Waals surface area contributed by atoms with Gasteiger partial charge in [0.15, 0.2) is 0 Å². The summed E-state index contributed by atoms with van der Waals surface area (Å²) in [7, 11) is 0. The Hall–Kier alpha value is -0.910. The van der Waals surface area contributed by atoms with E-state index in [2.05, 4.69) is 9.97 Å². The summed E-state index contributed by atoms with van der Waals surface area (Å²) >= 11 is 5.48. The van der Waals surface area contributed by atoms with Gasteiger partial charge in [-0.2, -0.15) is 4.98 Å². The number of rotatable bonds is 4. The number of hydrogen-bond donors (Lipinski definition) is 2. The lowest BCUT2D eigenvalue weighted by molar-refractivity contribution is 0.0521. The summed E-state index contributed by atoms with van der Waals surface area (Å²) in [6.45, 7) is -0.372. The number of aliphatic hydroxyl groups excluding tert-OH is 2. The van der Waals surface area contributed by atoms with E-state index in [0.29, 0.717) is 0 Å². The first-order chi connectivity index (χ1) is 6.22. The summed E-state index contributed by atoms with van der Waals surface area (Å²) in [5.41, 5.74) is 0. The van der Waals surface area contributed by atoms with Gasteiger partial charge in [0.2, 0.25) is 11.2 Å². The summed E-state index contributed by atoms with van der Waals surface area (Å²) in [4.78, 5) is 7.37. The number of nitrogens with zero attached hydrogens (tertiary/aromatic N) is 2. The first-order valence-electron chi connectivity index (χ1n) is 3.62. The maximum Gasteiger partial charge on any atom is 0.225 e. The van der Waals surface area contributed by atoms with Crippen LogP contribution in [0.25, 0.3) is 0 Å². The molecule has 1 heterocycles. The zero-order chi connectivity index (χ0) is 9.68. The van der Waals surface area contributed by atoms with Crippen LogP contribution in [-0.2, 0) is 0 Å². The summed E-state index contributed by atoms with van der Waals surface area (Å²) < 4.78 is 4.99. The van der Waals surface area contributed by atoms with E-state index in [4.69, 9.17) is 26.6 Å². The summed E-state index contributed by atoms with van der Waals surface area (Å²) in [5, 5.41) is 17.5. The highest BCUT2D eigenvalue weighted by Crippen LogP contribution is 2.08. The fraction of sp³-hybridized carbons (Fsp3) is 0.429. The molecule has 0 aliphatic carbocycles. The molecular weight excluding hydrogens is 196 g/mol. The molecule has 0 radical (unpaired) electrons. The van der Waals surface area contributed by atoms with Gasteiger partial charge in [0.05, 0.1) is 6.61 Å². The standard InChI is InChI=1S/C7H9ClN2O3/c8-7-9-2-1-6(10-7)13-4-5(12)3-11/h1-2,5,11-12H,3-4H2. The average molecular weight is 205 g/mol. The van der Waals surface area contributed by atoms with Crippen LogP contribution in [0.5, 0.6) is 5.88 Å². The first kappa shape index (κ1) is 10.2. The van der Waals surface area contributed by atoms with Crippen LogP contribution in [0, 0.1) is 0 Å². The fourth-order valence-corrected chi connectivity index (χ4v) is 0.774. The lowest BCUT2D eigenvalue weighted by Crippen LogP contribution is -2.21. The van der Waals surface area contributed by atoms with Crippen LogP contribution >= 0.6 is 11.6 Å². The molecule has 0 amide bonds. The second kappa shape index (κ2) is 4.96. The molecule has 5 nitrogen and oxygen atoms in total. The Balaban J connectivity index is 2.45. The maximum absolute atomic E-state index is 8.94. The van der Waals surface area contributed by atoms with E-state index in [1.165, 1.54) is 12.3 Å². The van der Waals surface area contributed by atoms with Crippen molar-refractivity contribution >= 4 is 11.6 Å². The average Bonchev–Trinajstić information content (AvgIpc) is 2.14. The molecule has 1 aromatic heterocycles. The molecule has 13 heavy (non-hydrogen) atoms. The van der Waals surface area contributed by atoms with Crippen LogP contribution in [0.15, 0.2) is 12.3 Å². The van der Waals surface area contributed by atoms with E-state index in [0.717, 1.165) is 0 Å². The van der Waals surface area contributed by atoms with E-state index in [1.54, 1.807) is 0 Å². The molecule has 0 aliphatic heterocycles. The molecule has 1 rings (SSSR count). The zero-order valence-electron chi connectivity index (χ0n) is 6.72. The van der Waals surface area contributed by atoms with Gasteiger partial charge in [-0.15, -0.1) is 0 Å². The Bertz CT molecular complexity index is 272. The van der Waals surface area contributed by atoms with Crippen LogP contribution in [0.1, 0.15) is 0 Å². The lowest BCUT2D eigenvalue weighted by atomic mass is 10.4. The van der Waals surface area contributed by atoms with Crippen LogP contribution in [0.4, 0.5) is 0 Å². The minimum Gasteiger partial charge on any atom is -0.475 e. The van der Waals surface area contributed by atoms with E-state index < -0.39 is 6.10 Å². The van der Waals surface area contributed by atoms with Crippen molar-refractivity contribution in [2.75, 3.05) is 13.2 Å². The van der Waals surface area contributed by atoms with Gasteiger partial charge in [-0.3, -0.25) is 0 Å². The lowest BCUT2D eigenvalue weighted by Gasteiger charge is -2.08. The molecule has 0 aromatic carbocycles. The first-order valence-corrected chi connectivity index (χ1v) is 4.00. The van der Waals surface area contributed by atoms with Crippen molar-refractivity contribution < 1.29 is 14.9 Å². The molecule has 1 aromatic rings. The Labute approximate surface area is 80.0 Å². The van der Waals surface area contributed by atoms with Crippen molar-refractivity contribution in [1.29, 1.82) is 0 Å². The predicted molar refractivity (Wildman–Crippen MR) is 45.6 cm³/mol. The zero-order valence-corrected chi connectivity index (χ0v) is 7.48. The van der Waals surface area contributed by atoms with Gasteiger partial charge in [-0.05, 0) is 11.6 Å².